The van der Waals surface area contributed by atoms with Gasteiger partial charge in [-0.05, 0) is 19.1 Å². The van der Waals surface area contributed by atoms with Crippen molar-refractivity contribution in [2.75, 3.05) is 18.0 Å². The summed E-state index contributed by atoms with van der Waals surface area (Å²) in [5.41, 5.74) is 6.24. The van der Waals surface area contributed by atoms with E-state index in [9.17, 15) is 4.79 Å². The van der Waals surface area contributed by atoms with Gasteiger partial charge in [0.2, 0.25) is 5.91 Å². The summed E-state index contributed by atoms with van der Waals surface area (Å²) in [6, 6.07) is 3.46. The number of thiocarbonyl (C=S) groups is 1. The van der Waals surface area contributed by atoms with Gasteiger partial charge >= 0.3 is 0 Å². The number of piperazine rings is 1. The summed E-state index contributed by atoms with van der Waals surface area (Å²) in [5.74, 6) is 0.795. The molecule has 17 heavy (non-hydrogen) atoms. The highest BCUT2D eigenvalue weighted by Crippen LogP contribution is 2.16. The zero-order chi connectivity index (χ0) is 12.4. The number of nitrogens with one attached hydrogen (secondary N) is 1. The smallest absolute Gasteiger partial charge is 0.242 e. The van der Waals surface area contributed by atoms with Gasteiger partial charge in [0, 0.05) is 24.8 Å². The lowest BCUT2D eigenvalue weighted by Crippen LogP contribution is -2.54. The molecular weight excluding hydrogens is 236 g/mol. The van der Waals surface area contributed by atoms with Gasteiger partial charge < -0.3 is 16.0 Å². The fraction of sp³-hybridized carbons (Fsp3) is 0.364. The summed E-state index contributed by atoms with van der Waals surface area (Å²) in [7, 11) is 0. The summed E-state index contributed by atoms with van der Waals surface area (Å²) in [4.78, 5) is 18.1. The maximum atomic E-state index is 11.5. The molecule has 1 fully saturated rings. The number of hydrogen-bond acceptors (Lipinski definition) is 4. The van der Waals surface area contributed by atoms with Gasteiger partial charge in [-0.3, -0.25) is 4.79 Å². The van der Waals surface area contributed by atoms with Crippen LogP contribution in [0.1, 0.15) is 12.5 Å². The summed E-state index contributed by atoms with van der Waals surface area (Å²) in [6.07, 6.45) is 1.64. The molecule has 0 aliphatic carbocycles. The van der Waals surface area contributed by atoms with Gasteiger partial charge in [-0.2, -0.15) is 0 Å². The Kier molecular flexibility index (Phi) is 3.23. The van der Waals surface area contributed by atoms with Crippen LogP contribution in [0, 0.1) is 0 Å². The molecule has 0 radical (unpaired) electrons. The van der Waals surface area contributed by atoms with Gasteiger partial charge in [0.05, 0.1) is 0 Å². The predicted molar refractivity (Wildman–Crippen MR) is 69.9 cm³/mol. The Morgan fingerprint density at radius 1 is 1.65 bits per heavy atom. The standard InChI is InChI=1S/C11H14N4OS/c1-7-11(16)13-4-5-15(7)9-3-2-8(6-14-9)10(12)17/h2-3,6-7H,4-5H2,1H3,(H2,12,17)(H,13,16). The molecule has 1 amide bonds. The third kappa shape index (κ3) is 2.36. The normalized spacial score (nSPS) is 19.9. The summed E-state index contributed by atoms with van der Waals surface area (Å²) in [6.45, 7) is 3.26. The molecule has 0 aromatic carbocycles. The molecule has 5 nitrogen and oxygen atoms in total. The molecular formula is C11H14N4OS. The fourth-order valence-corrected chi connectivity index (χ4v) is 1.92. The minimum atomic E-state index is -0.202. The summed E-state index contributed by atoms with van der Waals surface area (Å²) < 4.78 is 0. The first kappa shape index (κ1) is 11.8. The van der Waals surface area contributed by atoms with Crippen molar-refractivity contribution in [3.8, 4) is 0 Å². The second-order valence-electron chi connectivity index (χ2n) is 3.93. The van der Waals surface area contributed by atoms with E-state index in [-0.39, 0.29) is 11.9 Å². The Morgan fingerprint density at radius 2 is 2.41 bits per heavy atom. The molecule has 1 aliphatic rings. The van der Waals surface area contributed by atoms with Crippen LogP contribution in [0.15, 0.2) is 18.3 Å². The molecule has 1 unspecified atom stereocenters. The van der Waals surface area contributed by atoms with E-state index in [1.807, 2.05) is 24.0 Å². The minimum absolute atomic E-state index is 0.0245. The highest BCUT2D eigenvalue weighted by Gasteiger charge is 2.26. The van der Waals surface area contributed by atoms with E-state index in [1.54, 1.807) is 6.20 Å². The van der Waals surface area contributed by atoms with Gasteiger partial charge in [0.1, 0.15) is 16.8 Å². The van der Waals surface area contributed by atoms with Gasteiger partial charge in [-0.25, -0.2) is 4.98 Å². The zero-order valence-electron chi connectivity index (χ0n) is 9.51. The maximum absolute atomic E-state index is 11.5. The SMILES string of the molecule is CC1C(=O)NCCN1c1ccc(C(N)=S)cn1. The number of aromatic nitrogens is 1. The van der Waals surface area contributed by atoms with Crippen LogP contribution in [0.2, 0.25) is 0 Å². The van der Waals surface area contributed by atoms with E-state index in [4.69, 9.17) is 18.0 Å². The van der Waals surface area contributed by atoms with Crippen molar-refractivity contribution in [2.24, 2.45) is 5.73 Å². The minimum Gasteiger partial charge on any atom is -0.389 e. The van der Waals surface area contributed by atoms with Crippen molar-refractivity contribution in [3.05, 3.63) is 23.9 Å². The Hall–Kier alpha value is -1.69. The molecule has 2 rings (SSSR count). The van der Waals surface area contributed by atoms with Crippen molar-refractivity contribution in [1.29, 1.82) is 0 Å². The Balaban J connectivity index is 2.22. The van der Waals surface area contributed by atoms with Crippen molar-refractivity contribution >= 4 is 28.9 Å². The lowest BCUT2D eigenvalue weighted by atomic mass is 10.2. The summed E-state index contributed by atoms with van der Waals surface area (Å²) >= 11 is 4.86. The molecule has 0 spiro atoms. The van der Waals surface area contributed by atoms with Crippen molar-refractivity contribution in [2.45, 2.75) is 13.0 Å². The molecule has 2 heterocycles. The molecule has 1 aromatic rings. The highest BCUT2D eigenvalue weighted by molar-refractivity contribution is 7.80. The van der Waals surface area contributed by atoms with E-state index in [0.29, 0.717) is 11.5 Å². The average Bonchev–Trinajstić information content (AvgIpc) is 2.33. The lowest BCUT2D eigenvalue weighted by Gasteiger charge is -2.33. The van der Waals surface area contributed by atoms with Crippen molar-refractivity contribution in [1.82, 2.24) is 10.3 Å². The molecule has 6 heteroatoms. The Labute approximate surface area is 105 Å². The van der Waals surface area contributed by atoms with Crippen molar-refractivity contribution < 1.29 is 4.79 Å². The maximum Gasteiger partial charge on any atom is 0.242 e. The van der Waals surface area contributed by atoms with E-state index in [2.05, 4.69) is 10.3 Å². The van der Waals surface area contributed by atoms with Gasteiger partial charge in [-0.1, -0.05) is 12.2 Å². The first-order valence-corrected chi connectivity index (χ1v) is 5.80. The molecule has 0 saturated carbocycles. The largest absolute Gasteiger partial charge is 0.389 e. The molecule has 1 atom stereocenters. The molecule has 1 aliphatic heterocycles. The molecule has 3 N–H and O–H groups in total. The van der Waals surface area contributed by atoms with Gasteiger partial charge in [-0.15, -0.1) is 0 Å². The number of anilines is 1. The monoisotopic (exact) mass is 250 g/mol. The van der Waals surface area contributed by atoms with Crippen LogP contribution in [0.3, 0.4) is 0 Å². The van der Waals surface area contributed by atoms with Crippen molar-refractivity contribution in [3.63, 3.8) is 0 Å². The predicted octanol–water partition coefficient (Wildman–Crippen LogP) is 0.0405. The number of nitrogens with two attached hydrogens (primary N) is 1. The first-order chi connectivity index (χ1) is 8.09. The van der Waals surface area contributed by atoms with Crippen LogP contribution in [0.5, 0.6) is 0 Å². The Bertz CT molecular complexity index is 445. The number of rotatable bonds is 2. The number of nitrogens with zero attached hydrogens (tertiary/aromatic N) is 2. The topological polar surface area (TPSA) is 71.2 Å². The van der Waals surface area contributed by atoms with Gasteiger partial charge in [0.25, 0.3) is 0 Å². The molecule has 0 bridgehead atoms. The van der Waals surface area contributed by atoms with E-state index < -0.39 is 0 Å². The number of pyridine rings is 1. The quantitative estimate of drug-likeness (QED) is 0.725. The summed E-state index contributed by atoms with van der Waals surface area (Å²) in [5, 5.41) is 2.81. The third-order valence-corrected chi connectivity index (χ3v) is 3.06. The van der Waals surface area contributed by atoms with Crippen LogP contribution in [-0.2, 0) is 4.79 Å². The van der Waals surface area contributed by atoms with Crippen LogP contribution in [0.25, 0.3) is 0 Å². The van der Waals surface area contributed by atoms with E-state index >= 15 is 0 Å². The van der Waals surface area contributed by atoms with E-state index in [0.717, 1.165) is 17.9 Å². The van der Waals surface area contributed by atoms with Gasteiger partial charge in [0.15, 0.2) is 0 Å². The second kappa shape index (κ2) is 4.67. The Morgan fingerprint density at radius 3 is 3.00 bits per heavy atom. The van der Waals surface area contributed by atoms with Crippen LogP contribution >= 0.6 is 12.2 Å². The second-order valence-corrected chi connectivity index (χ2v) is 4.37. The van der Waals surface area contributed by atoms with Crippen LogP contribution < -0.4 is 16.0 Å². The molecule has 90 valence electrons. The zero-order valence-corrected chi connectivity index (χ0v) is 10.3. The molecule has 1 saturated heterocycles. The van der Waals surface area contributed by atoms with E-state index in [1.165, 1.54) is 0 Å². The number of amides is 1. The number of hydrogen-bond donors (Lipinski definition) is 2. The third-order valence-electron chi connectivity index (χ3n) is 2.83. The first-order valence-electron chi connectivity index (χ1n) is 5.40. The number of carbonyl (C=O) groups is 1. The average molecular weight is 250 g/mol. The van der Waals surface area contributed by atoms with Crippen LogP contribution in [-0.4, -0.2) is 35.0 Å². The fourth-order valence-electron chi connectivity index (χ4n) is 1.80. The lowest BCUT2D eigenvalue weighted by molar-refractivity contribution is -0.122. The molecule has 1 aromatic heterocycles. The number of carbonyl (C=O) groups excluding carboxylic acids is 1. The van der Waals surface area contributed by atoms with Crippen LogP contribution in [0.4, 0.5) is 5.82 Å². The highest BCUT2D eigenvalue weighted by atomic mass is 32.1.